The molecule has 1 fully saturated rings. The molecule has 0 saturated carbocycles. The van der Waals surface area contributed by atoms with Crippen LogP contribution in [-0.4, -0.2) is 19.0 Å². The zero-order chi connectivity index (χ0) is 12.3. The van der Waals surface area contributed by atoms with Crippen LogP contribution in [0.2, 0.25) is 0 Å². The van der Waals surface area contributed by atoms with Crippen molar-refractivity contribution >= 4 is 5.91 Å². The number of benzene rings is 1. The molecule has 1 amide bonds. The number of rotatable bonds is 3. The SMILES string of the molecule is C[C@@H](NC(=O)C1(C)CCNC1)c1ccccc1. The number of carbonyl (C=O) groups excluding carboxylic acids is 1. The van der Waals surface area contributed by atoms with Crippen LogP contribution < -0.4 is 10.6 Å². The molecule has 0 aliphatic carbocycles. The predicted octanol–water partition coefficient (Wildman–Crippen LogP) is 1.86. The van der Waals surface area contributed by atoms with Crippen LogP contribution in [0.4, 0.5) is 0 Å². The van der Waals surface area contributed by atoms with Gasteiger partial charge in [-0.25, -0.2) is 0 Å². The van der Waals surface area contributed by atoms with Gasteiger partial charge in [0.25, 0.3) is 0 Å². The minimum Gasteiger partial charge on any atom is -0.349 e. The summed E-state index contributed by atoms with van der Waals surface area (Å²) >= 11 is 0. The fraction of sp³-hybridized carbons (Fsp3) is 0.500. The summed E-state index contributed by atoms with van der Waals surface area (Å²) in [7, 11) is 0. The quantitative estimate of drug-likeness (QED) is 0.835. The molecule has 1 aromatic rings. The van der Waals surface area contributed by atoms with E-state index in [9.17, 15) is 4.79 Å². The van der Waals surface area contributed by atoms with Crippen LogP contribution in [-0.2, 0) is 4.79 Å². The second-order valence-corrected chi connectivity index (χ2v) is 5.09. The Hall–Kier alpha value is -1.35. The molecule has 0 bridgehead atoms. The van der Waals surface area contributed by atoms with Crippen LogP contribution in [0.5, 0.6) is 0 Å². The Morgan fingerprint density at radius 1 is 1.41 bits per heavy atom. The summed E-state index contributed by atoms with van der Waals surface area (Å²) in [4.78, 5) is 12.2. The van der Waals surface area contributed by atoms with Gasteiger partial charge in [0.05, 0.1) is 11.5 Å². The molecule has 92 valence electrons. The van der Waals surface area contributed by atoms with Gasteiger partial charge >= 0.3 is 0 Å². The monoisotopic (exact) mass is 232 g/mol. The van der Waals surface area contributed by atoms with Gasteiger partial charge in [0.15, 0.2) is 0 Å². The molecule has 0 radical (unpaired) electrons. The van der Waals surface area contributed by atoms with E-state index in [1.807, 2.05) is 44.2 Å². The molecule has 0 spiro atoms. The van der Waals surface area contributed by atoms with E-state index in [0.29, 0.717) is 0 Å². The maximum Gasteiger partial charge on any atom is 0.227 e. The first-order valence-electron chi connectivity index (χ1n) is 6.18. The molecule has 1 heterocycles. The summed E-state index contributed by atoms with van der Waals surface area (Å²) < 4.78 is 0. The lowest BCUT2D eigenvalue weighted by Gasteiger charge is -2.24. The number of hydrogen-bond donors (Lipinski definition) is 2. The summed E-state index contributed by atoms with van der Waals surface area (Å²) in [6.45, 7) is 5.77. The van der Waals surface area contributed by atoms with E-state index in [-0.39, 0.29) is 17.4 Å². The highest BCUT2D eigenvalue weighted by Gasteiger charge is 2.36. The summed E-state index contributed by atoms with van der Waals surface area (Å²) in [5.74, 6) is 0.152. The lowest BCUT2D eigenvalue weighted by atomic mass is 9.88. The van der Waals surface area contributed by atoms with Crippen molar-refractivity contribution in [3.63, 3.8) is 0 Å². The Bertz CT molecular complexity index is 382. The van der Waals surface area contributed by atoms with Gasteiger partial charge in [-0.1, -0.05) is 30.3 Å². The molecule has 2 N–H and O–H groups in total. The topological polar surface area (TPSA) is 41.1 Å². The molecule has 1 aromatic carbocycles. The van der Waals surface area contributed by atoms with Crippen LogP contribution in [0.3, 0.4) is 0 Å². The first-order valence-corrected chi connectivity index (χ1v) is 6.18. The van der Waals surface area contributed by atoms with Gasteiger partial charge in [-0.05, 0) is 32.4 Å². The van der Waals surface area contributed by atoms with Crippen molar-refractivity contribution in [3.05, 3.63) is 35.9 Å². The van der Waals surface area contributed by atoms with Gasteiger partial charge in [-0.15, -0.1) is 0 Å². The Kier molecular flexibility index (Phi) is 3.48. The zero-order valence-electron chi connectivity index (χ0n) is 10.5. The van der Waals surface area contributed by atoms with E-state index in [0.717, 1.165) is 25.1 Å². The molecule has 3 nitrogen and oxygen atoms in total. The third-order valence-electron chi connectivity index (χ3n) is 3.56. The molecular weight excluding hydrogens is 212 g/mol. The second-order valence-electron chi connectivity index (χ2n) is 5.09. The maximum absolute atomic E-state index is 12.2. The average molecular weight is 232 g/mol. The largest absolute Gasteiger partial charge is 0.349 e. The molecule has 0 aromatic heterocycles. The first kappa shape index (κ1) is 12.1. The molecule has 1 unspecified atom stereocenters. The van der Waals surface area contributed by atoms with E-state index in [1.165, 1.54) is 0 Å². The predicted molar refractivity (Wildman–Crippen MR) is 68.6 cm³/mol. The number of hydrogen-bond acceptors (Lipinski definition) is 2. The van der Waals surface area contributed by atoms with Gasteiger partial charge in [-0.3, -0.25) is 4.79 Å². The first-order chi connectivity index (χ1) is 8.12. The normalized spacial score (nSPS) is 25.5. The Balaban J connectivity index is 1.99. The van der Waals surface area contributed by atoms with E-state index in [1.54, 1.807) is 0 Å². The summed E-state index contributed by atoms with van der Waals surface area (Å²) in [5.41, 5.74) is 0.902. The van der Waals surface area contributed by atoms with E-state index in [4.69, 9.17) is 0 Å². The standard InChI is InChI=1S/C14H20N2O/c1-11(12-6-4-3-5-7-12)16-13(17)14(2)8-9-15-10-14/h3-7,11,15H,8-10H2,1-2H3,(H,16,17)/t11-,14?/m1/s1. The molecule has 3 heteroatoms. The molecule has 2 atom stereocenters. The van der Waals surface area contributed by atoms with Crippen LogP contribution in [0, 0.1) is 5.41 Å². The van der Waals surface area contributed by atoms with Crippen LogP contribution in [0.1, 0.15) is 31.9 Å². The van der Waals surface area contributed by atoms with Crippen molar-refractivity contribution in [1.29, 1.82) is 0 Å². The van der Waals surface area contributed by atoms with Crippen LogP contribution in [0.15, 0.2) is 30.3 Å². The second kappa shape index (κ2) is 4.88. The summed E-state index contributed by atoms with van der Waals surface area (Å²) in [6.07, 6.45) is 0.917. The highest BCUT2D eigenvalue weighted by molar-refractivity contribution is 5.83. The zero-order valence-corrected chi connectivity index (χ0v) is 10.5. The van der Waals surface area contributed by atoms with Crippen molar-refractivity contribution in [2.75, 3.05) is 13.1 Å². The van der Waals surface area contributed by atoms with Gasteiger partial charge in [-0.2, -0.15) is 0 Å². The average Bonchev–Trinajstić information content (AvgIpc) is 2.78. The minimum atomic E-state index is -0.247. The Morgan fingerprint density at radius 3 is 2.71 bits per heavy atom. The fourth-order valence-electron chi connectivity index (χ4n) is 2.21. The smallest absolute Gasteiger partial charge is 0.227 e. The number of nitrogens with one attached hydrogen (secondary N) is 2. The summed E-state index contributed by atoms with van der Waals surface area (Å²) in [6, 6.07) is 10.1. The molecule has 1 aliphatic heterocycles. The highest BCUT2D eigenvalue weighted by Crippen LogP contribution is 2.25. The highest BCUT2D eigenvalue weighted by atomic mass is 16.2. The van der Waals surface area contributed by atoms with E-state index in [2.05, 4.69) is 10.6 Å². The molecule has 1 aliphatic rings. The summed E-state index contributed by atoms with van der Waals surface area (Å²) in [5, 5.41) is 6.35. The lowest BCUT2D eigenvalue weighted by Crippen LogP contribution is -2.41. The van der Waals surface area contributed by atoms with Crippen LogP contribution in [0.25, 0.3) is 0 Å². The fourth-order valence-corrected chi connectivity index (χ4v) is 2.21. The molecule has 1 saturated heterocycles. The molecule has 2 rings (SSSR count). The van der Waals surface area contributed by atoms with Gasteiger partial charge in [0.1, 0.15) is 0 Å². The van der Waals surface area contributed by atoms with Crippen molar-refractivity contribution < 1.29 is 4.79 Å². The van der Waals surface area contributed by atoms with Gasteiger partial charge in [0.2, 0.25) is 5.91 Å². The number of carbonyl (C=O) groups is 1. The Labute approximate surface area is 103 Å². The molecule has 17 heavy (non-hydrogen) atoms. The van der Waals surface area contributed by atoms with Gasteiger partial charge < -0.3 is 10.6 Å². The van der Waals surface area contributed by atoms with Crippen molar-refractivity contribution in [3.8, 4) is 0 Å². The third kappa shape index (κ3) is 2.67. The van der Waals surface area contributed by atoms with Crippen molar-refractivity contribution in [2.45, 2.75) is 26.3 Å². The van der Waals surface area contributed by atoms with E-state index < -0.39 is 0 Å². The van der Waals surface area contributed by atoms with Crippen molar-refractivity contribution in [2.24, 2.45) is 5.41 Å². The van der Waals surface area contributed by atoms with Crippen LogP contribution >= 0.6 is 0 Å². The number of amides is 1. The Morgan fingerprint density at radius 2 is 2.12 bits per heavy atom. The third-order valence-corrected chi connectivity index (χ3v) is 3.56. The molecular formula is C14H20N2O. The van der Waals surface area contributed by atoms with Crippen molar-refractivity contribution in [1.82, 2.24) is 10.6 Å². The van der Waals surface area contributed by atoms with Gasteiger partial charge in [0, 0.05) is 6.54 Å². The maximum atomic E-state index is 12.2. The minimum absolute atomic E-state index is 0.0705. The lowest BCUT2D eigenvalue weighted by molar-refractivity contribution is -0.129. The van der Waals surface area contributed by atoms with E-state index >= 15 is 0 Å².